The third-order valence-corrected chi connectivity index (χ3v) is 2.13. The van der Waals surface area contributed by atoms with Gasteiger partial charge in [-0.2, -0.15) is 0 Å². The maximum Gasteiger partial charge on any atom is 0.217 e. The molecular weight excluding hydrogens is 190 g/mol. The zero-order valence-electron chi connectivity index (χ0n) is 7.88. The van der Waals surface area contributed by atoms with Gasteiger partial charge in [0.2, 0.25) is 5.91 Å². The summed E-state index contributed by atoms with van der Waals surface area (Å²) in [5.41, 5.74) is 0. The molecule has 0 aromatic carbocycles. The maximum absolute atomic E-state index is 10.7. The van der Waals surface area contributed by atoms with Gasteiger partial charge in [0.25, 0.3) is 0 Å². The summed E-state index contributed by atoms with van der Waals surface area (Å²) < 4.78 is 4.95. The Morgan fingerprint density at radius 1 is 1.57 bits per heavy atom. The molecule has 1 saturated heterocycles. The minimum absolute atomic E-state index is 0.193. The van der Waals surface area contributed by atoms with Gasteiger partial charge in [0.05, 0.1) is 18.8 Å². The first kappa shape index (κ1) is 11.4. The largest absolute Gasteiger partial charge is 0.394 e. The number of nitrogens with one attached hydrogen (secondary N) is 1. The van der Waals surface area contributed by atoms with Crippen molar-refractivity contribution < 1.29 is 24.9 Å². The first-order valence-corrected chi connectivity index (χ1v) is 4.44. The second-order valence-electron chi connectivity index (χ2n) is 3.36. The van der Waals surface area contributed by atoms with E-state index in [0.29, 0.717) is 0 Å². The molecule has 82 valence electrons. The summed E-state index contributed by atoms with van der Waals surface area (Å²) in [6.45, 7) is 1.03. The van der Waals surface area contributed by atoms with E-state index >= 15 is 0 Å². The number of aliphatic hydroxyl groups is 3. The van der Waals surface area contributed by atoms with Crippen molar-refractivity contribution in [3.8, 4) is 0 Å². The SMILES string of the molecule is CC(=O)N[C@@H]1[C@@H](O)C[C@@H](CO)O[C@@H]1O. The second-order valence-corrected chi connectivity index (χ2v) is 3.36. The number of amides is 1. The summed E-state index contributed by atoms with van der Waals surface area (Å²) in [5.74, 6) is -0.348. The number of hydrogen-bond acceptors (Lipinski definition) is 5. The van der Waals surface area contributed by atoms with Gasteiger partial charge < -0.3 is 25.4 Å². The van der Waals surface area contributed by atoms with Crippen LogP contribution in [-0.2, 0) is 9.53 Å². The molecule has 0 aromatic heterocycles. The van der Waals surface area contributed by atoms with Gasteiger partial charge in [0, 0.05) is 13.3 Å². The minimum atomic E-state index is -1.28. The fraction of sp³-hybridized carbons (Fsp3) is 0.875. The maximum atomic E-state index is 10.7. The van der Waals surface area contributed by atoms with E-state index < -0.39 is 24.5 Å². The molecule has 4 atom stereocenters. The fourth-order valence-corrected chi connectivity index (χ4v) is 1.46. The van der Waals surface area contributed by atoms with Gasteiger partial charge in [0.15, 0.2) is 6.29 Å². The monoisotopic (exact) mass is 205 g/mol. The Kier molecular flexibility index (Phi) is 3.82. The third-order valence-electron chi connectivity index (χ3n) is 2.13. The van der Waals surface area contributed by atoms with Crippen molar-refractivity contribution in [3.05, 3.63) is 0 Å². The molecule has 1 aliphatic heterocycles. The normalized spacial score (nSPS) is 38.0. The molecule has 0 saturated carbocycles. The van der Waals surface area contributed by atoms with Crippen LogP contribution in [0.2, 0.25) is 0 Å². The van der Waals surface area contributed by atoms with Crippen molar-refractivity contribution in [2.24, 2.45) is 0 Å². The Hall–Kier alpha value is -0.690. The van der Waals surface area contributed by atoms with Crippen molar-refractivity contribution in [2.75, 3.05) is 6.61 Å². The van der Waals surface area contributed by atoms with Gasteiger partial charge >= 0.3 is 0 Å². The Morgan fingerprint density at radius 3 is 2.64 bits per heavy atom. The summed E-state index contributed by atoms with van der Waals surface area (Å²) in [4.78, 5) is 10.7. The number of aliphatic hydroxyl groups excluding tert-OH is 3. The van der Waals surface area contributed by atoms with Crippen LogP contribution in [0, 0.1) is 0 Å². The van der Waals surface area contributed by atoms with Crippen LogP contribution in [0.4, 0.5) is 0 Å². The highest BCUT2D eigenvalue weighted by atomic mass is 16.6. The van der Waals surface area contributed by atoms with E-state index in [1.807, 2.05) is 0 Å². The van der Waals surface area contributed by atoms with Crippen LogP contribution < -0.4 is 5.32 Å². The molecule has 1 heterocycles. The number of carbonyl (C=O) groups excluding carboxylic acids is 1. The minimum Gasteiger partial charge on any atom is -0.394 e. The van der Waals surface area contributed by atoms with Crippen LogP contribution in [0.15, 0.2) is 0 Å². The van der Waals surface area contributed by atoms with Crippen molar-refractivity contribution >= 4 is 5.91 Å². The van der Waals surface area contributed by atoms with E-state index in [1.54, 1.807) is 0 Å². The summed E-state index contributed by atoms with van der Waals surface area (Å²) in [6, 6.07) is -0.824. The zero-order valence-corrected chi connectivity index (χ0v) is 7.88. The zero-order chi connectivity index (χ0) is 10.7. The highest BCUT2D eigenvalue weighted by Crippen LogP contribution is 2.18. The number of carbonyl (C=O) groups is 1. The molecular formula is C8H15NO5. The predicted molar refractivity (Wildman–Crippen MR) is 46.2 cm³/mol. The highest BCUT2D eigenvalue weighted by Gasteiger charge is 2.36. The van der Waals surface area contributed by atoms with Gasteiger partial charge in [-0.15, -0.1) is 0 Å². The Labute approximate surface area is 81.5 Å². The Bertz CT molecular complexity index is 198. The summed E-state index contributed by atoms with van der Waals surface area (Å²) >= 11 is 0. The topological polar surface area (TPSA) is 99.0 Å². The van der Waals surface area contributed by atoms with Crippen LogP contribution >= 0.6 is 0 Å². The molecule has 0 aromatic rings. The number of ether oxygens (including phenoxy) is 1. The second kappa shape index (κ2) is 4.70. The lowest BCUT2D eigenvalue weighted by Gasteiger charge is -2.36. The molecule has 0 bridgehead atoms. The molecule has 1 amide bonds. The molecule has 0 radical (unpaired) electrons. The lowest BCUT2D eigenvalue weighted by Crippen LogP contribution is -2.57. The molecule has 14 heavy (non-hydrogen) atoms. The molecule has 6 nitrogen and oxygen atoms in total. The molecule has 0 unspecified atom stereocenters. The first-order chi connectivity index (χ1) is 6.54. The van der Waals surface area contributed by atoms with E-state index in [1.165, 1.54) is 6.92 Å². The smallest absolute Gasteiger partial charge is 0.217 e. The lowest BCUT2D eigenvalue weighted by atomic mass is 10.0. The van der Waals surface area contributed by atoms with E-state index in [2.05, 4.69) is 5.32 Å². The van der Waals surface area contributed by atoms with Gasteiger partial charge in [-0.05, 0) is 0 Å². The van der Waals surface area contributed by atoms with Gasteiger partial charge in [-0.1, -0.05) is 0 Å². The molecule has 0 aliphatic carbocycles. The standard InChI is InChI=1S/C8H15NO5/c1-4(11)9-7-6(12)2-5(3-10)14-8(7)13/h5-8,10,12-13H,2-3H2,1H3,(H,9,11)/t5-,6-,7+,8-/m0/s1. The quantitative estimate of drug-likeness (QED) is 0.416. The van der Waals surface area contributed by atoms with Gasteiger partial charge in [-0.3, -0.25) is 4.79 Å². The molecule has 4 N–H and O–H groups in total. The van der Waals surface area contributed by atoms with Crippen molar-refractivity contribution in [1.82, 2.24) is 5.32 Å². The first-order valence-electron chi connectivity index (χ1n) is 4.44. The lowest BCUT2D eigenvalue weighted by molar-refractivity contribution is -0.214. The summed E-state index contributed by atoms with van der Waals surface area (Å²) in [6.07, 6.45) is -2.57. The third kappa shape index (κ3) is 2.65. The molecule has 1 aliphatic rings. The van der Waals surface area contributed by atoms with E-state index in [-0.39, 0.29) is 18.9 Å². The van der Waals surface area contributed by atoms with Crippen LogP contribution in [-0.4, -0.2) is 52.4 Å². The predicted octanol–water partition coefficient (Wildman–Crippen LogP) is -2.05. The van der Waals surface area contributed by atoms with E-state index in [4.69, 9.17) is 9.84 Å². The Balaban J connectivity index is 2.55. The number of rotatable bonds is 2. The van der Waals surface area contributed by atoms with Crippen molar-refractivity contribution in [1.29, 1.82) is 0 Å². The van der Waals surface area contributed by atoms with Crippen LogP contribution in [0.25, 0.3) is 0 Å². The van der Waals surface area contributed by atoms with Crippen LogP contribution in [0.3, 0.4) is 0 Å². The number of hydrogen-bond donors (Lipinski definition) is 4. The van der Waals surface area contributed by atoms with Gasteiger partial charge in [-0.25, -0.2) is 0 Å². The molecule has 0 spiro atoms. The van der Waals surface area contributed by atoms with Crippen molar-refractivity contribution in [3.63, 3.8) is 0 Å². The van der Waals surface area contributed by atoms with E-state index in [0.717, 1.165) is 0 Å². The summed E-state index contributed by atoms with van der Waals surface area (Å²) in [5, 5.41) is 30.0. The fourth-order valence-electron chi connectivity index (χ4n) is 1.46. The highest BCUT2D eigenvalue weighted by molar-refractivity contribution is 5.73. The van der Waals surface area contributed by atoms with Gasteiger partial charge in [0.1, 0.15) is 6.04 Å². The average Bonchev–Trinajstić information content (AvgIpc) is 2.10. The van der Waals surface area contributed by atoms with Crippen LogP contribution in [0.5, 0.6) is 0 Å². The summed E-state index contributed by atoms with van der Waals surface area (Å²) in [7, 11) is 0. The molecule has 1 rings (SSSR count). The molecule has 1 fully saturated rings. The average molecular weight is 205 g/mol. The Morgan fingerprint density at radius 2 is 2.21 bits per heavy atom. The van der Waals surface area contributed by atoms with Crippen molar-refractivity contribution in [2.45, 2.75) is 37.9 Å². The molecule has 6 heteroatoms. The van der Waals surface area contributed by atoms with E-state index in [9.17, 15) is 15.0 Å². The van der Waals surface area contributed by atoms with Crippen LogP contribution in [0.1, 0.15) is 13.3 Å².